The molecule has 2 heterocycles. The van der Waals surface area contributed by atoms with Crippen LogP contribution in [-0.4, -0.2) is 23.7 Å². The summed E-state index contributed by atoms with van der Waals surface area (Å²) in [6.07, 6.45) is 2.50. The normalized spacial score (nSPS) is 21.6. The maximum absolute atomic E-state index is 10.5. The predicted molar refractivity (Wildman–Crippen MR) is 66.2 cm³/mol. The summed E-state index contributed by atoms with van der Waals surface area (Å²) in [6, 6.07) is 1.91. The molecule has 0 saturated carbocycles. The second-order valence-electron chi connectivity index (χ2n) is 4.27. The van der Waals surface area contributed by atoms with Gasteiger partial charge in [0.05, 0.1) is 11.0 Å². The number of nitrogens with one attached hydrogen (secondary N) is 1. The van der Waals surface area contributed by atoms with Gasteiger partial charge < -0.3 is 10.1 Å². The van der Waals surface area contributed by atoms with Crippen LogP contribution in [0, 0.1) is 10.1 Å². The highest BCUT2D eigenvalue weighted by molar-refractivity contribution is 7.13. The number of thiophene rings is 1. The SMILES string of the molecule is CC(NCc1csc([N+](=O)[O-])c1)C1CCCO1. The largest absolute Gasteiger partial charge is 0.377 e. The van der Waals surface area contributed by atoms with Crippen molar-refractivity contribution in [1.29, 1.82) is 0 Å². The minimum Gasteiger partial charge on any atom is -0.377 e. The van der Waals surface area contributed by atoms with Gasteiger partial charge in [0.25, 0.3) is 0 Å². The monoisotopic (exact) mass is 256 g/mol. The van der Waals surface area contributed by atoms with Crippen molar-refractivity contribution in [1.82, 2.24) is 5.32 Å². The molecule has 1 saturated heterocycles. The van der Waals surface area contributed by atoms with Crippen LogP contribution in [0.4, 0.5) is 5.00 Å². The van der Waals surface area contributed by atoms with E-state index in [4.69, 9.17) is 4.74 Å². The summed E-state index contributed by atoms with van der Waals surface area (Å²) in [6.45, 7) is 3.60. The molecular formula is C11H16N2O3S. The first-order valence-electron chi connectivity index (χ1n) is 5.73. The van der Waals surface area contributed by atoms with Crippen LogP contribution in [-0.2, 0) is 11.3 Å². The van der Waals surface area contributed by atoms with Crippen molar-refractivity contribution < 1.29 is 9.66 Å². The minimum absolute atomic E-state index is 0.201. The second kappa shape index (κ2) is 5.57. The van der Waals surface area contributed by atoms with Gasteiger partial charge in [-0.3, -0.25) is 10.1 Å². The summed E-state index contributed by atoms with van der Waals surface area (Å²) >= 11 is 1.17. The van der Waals surface area contributed by atoms with Crippen molar-refractivity contribution in [2.45, 2.75) is 38.5 Å². The Morgan fingerprint density at radius 1 is 1.76 bits per heavy atom. The van der Waals surface area contributed by atoms with E-state index in [1.165, 1.54) is 11.3 Å². The van der Waals surface area contributed by atoms with Gasteiger partial charge in [0.15, 0.2) is 0 Å². The zero-order chi connectivity index (χ0) is 12.3. The lowest BCUT2D eigenvalue weighted by molar-refractivity contribution is -0.380. The molecule has 17 heavy (non-hydrogen) atoms. The van der Waals surface area contributed by atoms with E-state index in [2.05, 4.69) is 12.2 Å². The maximum Gasteiger partial charge on any atom is 0.324 e. The lowest BCUT2D eigenvalue weighted by Gasteiger charge is -2.19. The van der Waals surface area contributed by atoms with E-state index in [0.29, 0.717) is 6.54 Å². The van der Waals surface area contributed by atoms with Crippen molar-refractivity contribution >= 4 is 16.3 Å². The molecule has 0 bridgehead atoms. The van der Waals surface area contributed by atoms with Crippen molar-refractivity contribution in [2.24, 2.45) is 0 Å². The van der Waals surface area contributed by atoms with Crippen LogP contribution >= 0.6 is 11.3 Å². The molecular weight excluding hydrogens is 240 g/mol. The number of hydrogen-bond acceptors (Lipinski definition) is 5. The summed E-state index contributed by atoms with van der Waals surface area (Å²) < 4.78 is 5.58. The van der Waals surface area contributed by atoms with Crippen LogP contribution < -0.4 is 5.32 Å². The van der Waals surface area contributed by atoms with E-state index in [9.17, 15) is 10.1 Å². The Balaban J connectivity index is 1.82. The Kier molecular flexibility index (Phi) is 4.09. The van der Waals surface area contributed by atoms with Gasteiger partial charge in [-0.25, -0.2) is 0 Å². The summed E-state index contributed by atoms with van der Waals surface area (Å²) in [5.41, 5.74) is 0.964. The topological polar surface area (TPSA) is 64.4 Å². The highest BCUT2D eigenvalue weighted by Gasteiger charge is 2.22. The fraction of sp³-hybridized carbons (Fsp3) is 0.636. The smallest absolute Gasteiger partial charge is 0.324 e. The molecule has 1 aliphatic rings. The quantitative estimate of drug-likeness (QED) is 0.648. The van der Waals surface area contributed by atoms with Gasteiger partial charge in [-0.2, -0.15) is 0 Å². The zero-order valence-corrected chi connectivity index (χ0v) is 10.5. The number of rotatable bonds is 5. The molecule has 0 amide bonds. The van der Waals surface area contributed by atoms with Crippen molar-refractivity contribution in [2.75, 3.05) is 6.61 Å². The van der Waals surface area contributed by atoms with Gasteiger partial charge in [0.1, 0.15) is 0 Å². The van der Waals surface area contributed by atoms with Crippen LogP contribution in [0.1, 0.15) is 25.3 Å². The standard InChI is InChI=1S/C11H16N2O3S/c1-8(10-3-2-4-16-10)12-6-9-5-11(13(14)15)17-7-9/h5,7-8,10,12H,2-4,6H2,1H3. The van der Waals surface area contributed by atoms with E-state index >= 15 is 0 Å². The fourth-order valence-electron chi connectivity index (χ4n) is 1.96. The van der Waals surface area contributed by atoms with Crippen molar-refractivity contribution in [3.63, 3.8) is 0 Å². The molecule has 6 heteroatoms. The van der Waals surface area contributed by atoms with Crippen LogP contribution in [0.25, 0.3) is 0 Å². The molecule has 1 aromatic heterocycles. The highest BCUT2D eigenvalue weighted by Crippen LogP contribution is 2.23. The molecule has 0 radical (unpaired) electrons. The summed E-state index contributed by atoms with van der Waals surface area (Å²) in [7, 11) is 0. The minimum atomic E-state index is -0.350. The molecule has 0 aliphatic carbocycles. The molecule has 94 valence electrons. The van der Waals surface area contributed by atoms with Gasteiger partial charge in [-0.1, -0.05) is 11.3 Å². The van der Waals surface area contributed by atoms with Gasteiger partial charge >= 0.3 is 5.00 Å². The number of nitrogens with zero attached hydrogens (tertiary/aromatic N) is 1. The van der Waals surface area contributed by atoms with Crippen LogP contribution in [0.5, 0.6) is 0 Å². The van der Waals surface area contributed by atoms with E-state index in [0.717, 1.165) is 25.0 Å². The summed E-state index contributed by atoms with van der Waals surface area (Å²) in [4.78, 5) is 10.2. The summed E-state index contributed by atoms with van der Waals surface area (Å²) in [5, 5.41) is 15.9. The molecule has 2 atom stereocenters. The Morgan fingerprint density at radius 2 is 2.59 bits per heavy atom. The molecule has 0 spiro atoms. The van der Waals surface area contributed by atoms with Crippen molar-refractivity contribution in [3.05, 3.63) is 27.1 Å². The second-order valence-corrected chi connectivity index (χ2v) is 5.16. The Hall–Kier alpha value is -0.980. The average Bonchev–Trinajstić information content (AvgIpc) is 2.97. The first kappa shape index (κ1) is 12.5. The zero-order valence-electron chi connectivity index (χ0n) is 9.72. The van der Waals surface area contributed by atoms with E-state index < -0.39 is 0 Å². The molecule has 2 unspecified atom stereocenters. The molecule has 1 aliphatic heterocycles. The number of ether oxygens (including phenoxy) is 1. The highest BCUT2D eigenvalue weighted by atomic mass is 32.1. The van der Waals surface area contributed by atoms with Crippen LogP contribution in [0.2, 0.25) is 0 Å². The molecule has 1 aromatic rings. The van der Waals surface area contributed by atoms with Gasteiger partial charge in [0.2, 0.25) is 0 Å². The summed E-state index contributed by atoms with van der Waals surface area (Å²) in [5.74, 6) is 0. The van der Waals surface area contributed by atoms with E-state index in [-0.39, 0.29) is 22.1 Å². The first-order chi connectivity index (χ1) is 8.16. The van der Waals surface area contributed by atoms with E-state index in [1.807, 2.05) is 5.38 Å². The Morgan fingerprint density at radius 3 is 3.18 bits per heavy atom. The van der Waals surface area contributed by atoms with Gasteiger partial charge in [-0.05, 0) is 25.3 Å². The maximum atomic E-state index is 10.5. The molecule has 0 aromatic carbocycles. The first-order valence-corrected chi connectivity index (χ1v) is 6.61. The third-order valence-corrected chi connectivity index (χ3v) is 3.90. The molecule has 2 rings (SSSR count). The Labute approximate surface area is 104 Å². The Bertz CT molecular complexity index is 388. The third-order valence-electron chi connectivity index (χ3n) is 2.97. The van der Waals surface area contributed by atoms with Gasteiger partial charge in [0, 0.05) is 30.6 Å². The van der Waals surface area contributed by atoms with E-state index in [1.54, 1.807) is 6.07 Å². The lowest BCUT2D eigenvalue weighted by Crippen LogP contribution is -2.36. The third kappa shape index (κ3) is 3.24. The lowest BCUT2D eigenvalue weighted by atomic mass is 10.1. The van der Waals surface area contributed by atoms with Crippen LogP contribution in [0.3, 0.4) is 0 Å². The average molecular weight is 256 g/mol. The predicted octanol–water partition coefficient (Wildman–Crippen LogP) is 2.31. The molecule has 5 nitrogen and oxygen atoms in total. The van der Waals surface area contributed by atoms with Gasteiger partial charge in [-0.15, -0.1) is 0 Å². The molecule has 1 N–H and O–H groups in total. The van der Waals surface area contributed by atoms with Crippen molar-refractivity contribution in [3.8, 4) is 0 Å². The van der Waals surface area contributed by atoms with Crippen LogP contribution in [0.15, 0.2) is 11.4 Å². The number of hydrogen-bond donors (Lipinski definition) is 1. The molecule has 1 fully saturated rings. The number of nitro groups is 1. The fourth-order valence-corrected chi connectivity index (χ4v) is 2.69.